The molecule has 0 saturated carbocycles. The van der Waals surface area contributed by atoms with Crippen LogP contribution in [-0.4, -0.2) is 21.0 Å². The average molecular weight is 182 g/mol. The third kappa shape index (κ3) is 1.88. The quantitative estimate of drug-likeness (QED) is 0.667. The zero-order valence-corrected chi connectivity index (χ0v) is 8.33. The monoisotopic (exact) mass is 182 g/mol. The van der Waals surface area contributed by atoms with Crippen molar-refractivity contribution >= 4 is 6.09 Å². The Balaban J connectivity index is 3.18. The van der Waals surface area contributed by atoms with E-state index in [-0.39, 0.29) is 5.41 Å². The fourth-order valence-corrected chi connectivity index (χ4v) is 1.30. The van der Waals surface area contributed by atoms with E-state index in [1.807, 2.05) is 27.7 Å². The highest BCUT2D eigenvalue weighted by Crippen LogP contribution is 2.23. The molecule has 0 fully saturated rings. The van der Waals surface area contributed by atoms with Crippen molar-refractivity contribution in [1.29, 1.82) is 0 Å². The Bertz CT molecular complexity index is 334. The molecule has 0 aliphatic carbocycles. The summed E-state index contributed by atoms with van der Waals surface area (Å²) in [7, 11) is 0. The molecule has 1 aromatic heterocycles. The Morgan fingerprint density at radius 2 is 2.08 bits per heavy atom. The number of nitrogens with zero attached hydrogens (tertiary/aromatic N) is 2. The van der Waals surface area contributed by atoms with E-state index in [2.05, 4.69) is 5.10 Å². The van der Waals surface area contributed by atoms with Gasteiger partial charge in [-0.2, -0.15) is 9.78 Å². The van der Waals surface area contributed by atoms with Gasteiger partial charge in [-0.15, -0.1) is 0 Å². The average Bonchev–Trinajstić information content (AvgIpc) is 2.29. The van der Waals surface area contributed by atoms with Crippen molar-refractivity contribution in [3.63, 3.8) is 0 Å². The zero-order valence-electron chi connectivity index (χ0n) is 8.33. The van der Waals surface area contributed by atoms with E-state index in [9.17, 15) is 4.79 Å². The van der Waals surface area contributed by atoms with Crippen molar-refractivity contribution in [2.45, 2.75) is 33.1 Å². The molecule has 0 unspecified atom stereocenters. The maximum atomic E-state index is 10.6. The second-order valence-electron chi connectivity index (χ2n) is 4.14. The van der Waals surface area contributed by atoms with E-state index in [1.165, 1.54) is 6.20 Å². The highest BCUT2D eigenvalue weighted by molar-refractivity contribution is 5.67. The van der Waals surface area contributed by atoms with Gasteiger partial charge in [-0.25, -0.2) is 4.79 Å². The summed E-state index contributed by atoms with van der Waals surface area (Å²) in [5.74, 6) is 0. The van der Waals surface area contributed by atoms with Crippen LogP contribution in [0.15, 0.2) is 6.20 Å². The Kier molecular flexibility index (Phi) is 2.15. The molecule has 0 atom stereocenters. The largest absolute Gasteiger partial charge is 0.463 e. The van der Waals surface area contributed by atoms with Crippen molar-refractivity contribution in [2.75, 3.05) is 0 Å². The summed E-state index contributed by atoms with van der Waals surface area (Å²) in [5, 5.41) is 12.7. The minimum Gasteiger partial charge on any atom is -0.463 e. The summed E-state index contributed by atoms with van der Waals surface area (Å²) in [6.07, 6.45) is 0.488. The van der Waals surface area contributed by atoms with Crippen LogP contribution in [0.3, 0.4) is 0 Å². The minimum absolute atomic E-state index is 0.106. The maximum absolute atomic E-state index is 10.6. The molecule has 1 heterocycles. The van der Waals surface area contributed by atoms with Gasteiger partial charge in [0.25, 0.3) is 0 Å². The van der Waals surface area contributed by atoms with Crippen molar-refractivity contribution in [3.8, 4) is 0 Å². The summed E-state index contributed by atoms with van der Waals surface area (Å²) >= 11 is 0. The van der Waals surface area contributed by atoms with Crippen LogP contribution < -0.4 is 0 Å². The molecule has 0 aliphatic heterocycles. The first-order chi connectivity index (χ1) is 5.82. The first-order valence-electron chi connectivity index (χ1n) is 4.12. The Hall–Kier alpha value is -1.32. The Labute approximate surface area is 77.2 Å². The van der Waals surface area contributed by atoms with Gasteiger partial charge in [0.05, 0.1) is 5.69 Å². The smallest absolute Gasteiger partial charge is 0.432 e. The van der Waals surface area contributed by atoms with Gasteiger partial charge in [0.2, 0.25) is 0 Å². The lowest BCUT2D eigenvalue weighted by Gasteiger charge is -2.15. The van der Waals surface area contributed by atoms with Crippen LogP contribution in [0.2, 0.25) is 0 Å². The molecule has 72 valence electrons. The standard InChI is InChI=1S/C9H14N2O2/c1-6-5-11(8(12)13)10-7(6)9(2,3)4/h5H,1-4H3,(H,12,13). The van der Waals surface area contributed by atoms with Crippen LogP contribution in [0.25, 0.3) is 0 Å². The van der Waals surface area contributed by atoms with Crippen molar-refractivity contribution in [1.82, 2.24) is 9.78 Å². The lowest BCUT2D eigenvalue weighted by Crippen LogP contribution is -2.15. The topological polar surface area (TPSA) is 55.1 Å². The summed E-state index contributed by atoms with van der Waals surface area (Å²) in [6, 6.07) is 0. The van der Waals surface area contributed by atoms with E-state index >= 15 is 0 Å². The molecular weight excluding hydrogens is 168 g/mol. The van der Waals surface area contributed by atoms with Crippen LogP contribution in [0.5, 0.6) is 0 Å². The Morgan fingerprint density at radius 1 is 1.54 bits per heavy atom. The second kappa shape index (κ2) is 2.87. The molecule has 1 N–H and O–H groups in total. The van der Waals surface area contributed by atoms with Gasteiger partial charge in [-0.1, -0.05) is 20.8 Å². The molecule has 0 saturated heterocycles. The third-order valence-corrected chi connectivity index (χ3v) is 1.80. The molecule has 0 bridgehead atoms. The molecule has 1 aromatic rings. The maximum Gasteiger partial charge on any atom is 0.432 e. The Morgan fingerprint density at radius 3 is 2.31 bits per heavy atom. The summed E-state index contributed by atoms with van der Waals surface area (Å²) in [6.45, 7) is 7.89. The van der Waals surface area contributed by atoms with Gasteiger partial charge in [-0.3, -0.25) is 0 Å². The van der Waals surface area contributed by atoms with Gasteiger partial charge in [0.15, 0.2) is 0 Å². The highest BCUT2D eigenvalue weighted by Gasteiger charge is 2.21. The summed E-state index contributed by atoms with van der Waals surface area (Å²) in [5.41, 5.74) is 1.63. The molecule has 0 amide bonds. The van der Waals surface area contributed by atoms with Gasteiger partial charge >= 0.3 is 6.09 Å². The molecule has 4 heteroatoms. The number of hydrogen-bond acceptors (Lipinski definition) is 2. The summed E-state index contributed by atoms with van der Waals surface area (Å²) < 4.78 is 0.954. The van der Waals surface area contributed by atoms with Crippen LogP contribution in [0, 0.1) is 6.92 Å². The molecule has 13 heavy (non-hydrogen) atoms. The molecule has 0 radical (unpaired) electrons. The van der Waals surface area contributed by atoms with Crippen molar-refractivity contribution < 1.29 is 9.90 Å². The van der Waals surface area contributed by atoms with Gasteiger partial charge < -0.3 is 5.11 Å². The number of aryl methyl sites for hydroxylation is 1. The predicted octanol–water partition coefficient (Wildman–Crippen LogP) is 2.02. The predicted molar refractivity (Wildman–Crippen MR) is 49.1 cm³/mol. The SMILES string of the molecule is Cc1cn(C(=O)O)nc1C(C)(C)C. The van der Waals surface area contributed by atoms with E-state index in [0.29, 0.717) is 0 Å². The molecule has 0 aromatic carbocycles. The molecule has 4 nitrogen and oxygen atoms in total. The first kappa shape index (κ1) is 9.77. The van der Waals surface area contributed by atoms with Gasteiger partial charge in [-0.05, 0) is 12.5 Å². The zero-order chi connectivity index (χ0) is 10.2. The van der Waals surface area contributed by atoms with Crippen LogP contribution >= 0.6 is 0 Å². The lowest BCUT2D eigenvalue weighted by molar-refractivity contribution is 0.192. The normalized spacial score (nSPS) is 11.7. The fourth-order valence-electron chi connectivity index (χ4n) is 1.30. The summed E-state index contributed by atoms with van der Waals surface area (Å²) in [4.78, 5) is 10.6. The number of carboxylic acid groups (broad SMARTS) is 1. The van der Waals surface area contributed by atoms with Crippen molar-refractivity contribution in [3.05, 3.63) is 17.5 Å². The number of rotatable bonds is 0. The second-order valence-corrected chi connectivity index (χ2v) is 4.14. The molecule has 1 rings (SSSR count). The number of carbonyl (C=O) groups is 1. The first-order valence-corrected chi connectivity index (χ1v) is 4.12. The number of aromatic nitrogens is 2. The van der Waals surface area contributed by atoms with Crippen LogP contribution in [0.4, 0.5) is 4.79 Å². The minimum atomic E-state index is -1.04. The van der Waals surface area contributed by atoms with Crippen molar-refractivity contribution in [2.24, 2.45) is 0 Å². The molecular formula is C9H14N2O2. The highest BCUT2D eigenvalue weighted by atomic mass is 16.4. The van der Waals surface area contributed by atoms with Gasteiger partial charge in [0, 0.05) is 11.6 Å². The van der Waals surface area contributed by atoms with E-state index in [0.717, 1.165) is 15.9 Å². The van der Waals surface area contributed by atoms with Gasteiger partial charge in [0.1, 0.15) is 0 Å². The third-order valence-electron chi connectivity index (χ3n) is 1.80. The molecule has 0 spiro atoms. The number of hydrogen-bond donors (Lipinski definition) is 1. The van der Waals surface area contributed by atoms with Crippen LogP contribution in [-0.2, 0) is 5.41 Å². The van der Waals surface area contributed by atoms with E-state index in [1.54, 1.807) is 0 Å². The molecule has 0 aliphatic rings. The fraction of sp³-hybridized carbons (Fsp3) is 0.556. The lowest BCUT2D eigenvalue weighted by atomic mass is 9.90. The van der Waals surface area contributed by atoms with Crippen LogP contribution in [0.1, 0.15) is 32.0 Å². The van der Waals surface area contributed by atoms with E-state index < -0.39 is 6.09 Å². The van der Waals surface area contributed by atoms with E-state index in [4.69, 9.17) is 5.11 Å².